The smallest absolute Gasteiger partial charge is 0.153 e. The lowest BCUT2D eigenvalue weighted by Crippen LogP contribution is -2.05. The van der Waals surface area contributed by atoms with Crippen molar-refractivity contribution in [2.45, 2.75) is 13.5 Å². The lowest BCUT2D eigenvalue weighted by atomic mass is 10.1. The molecule has 0 aliphatic carbocycles. The number of aromatic nitrogens is 7. The normalized spacial score (nSPS) is 11.6. The Balaban J connectivity index is 1.45. The van der Waals surface area contributed by atoms with Crippen LogP contribution in [0.15, 0.2) is 67.0 Å². The highest BCUT2D eigenvalue weighted by Gasteiger charge is 2.16. The summed E-state index contributed by atoms with van der Waals surface area (Å²) in [5.74, 6) is -0.438. The fourth-order valence-electron chi connectivity index (χ4n) is 4.08. The van der Waals surface area contributed by atoms with Crippen molar-refractivity contribution in [3.8, 4) is 16.9 Å². The van der Waals surface area contributed by atoms with Crippen molar-refractivity contribution in [2.75, 3.05) is 0 Å². The molecular formula is C24H17ClFN7. The van der Waals surface area contributed by atoms with E-state index in [1.54, 1.807) is 17.1 Å². The van der Waals surface area contributed by atoms with Crippen molar-refractivity contribution in [3.63, 3.8) is 0 Å². The standard InChI is InChI=1S/C24H17ClFN7/c1-14-8-18(25)4-2-16(14)13-32-22(6-7-28-32)17-9-20(26)24-23(10-17)33(31-30-24)19-5-3-15-12-27-29-21(15)11-19/h2-12H,13H2,1H3,(H,27,29). The molecule has 3 aromatic carbocycles. The van der Waals surface area contributed by atoms with E-state index in [4.69, 9.17) is 11.6 Å². The summed E-state index contributed by atoms with van der Waals surface area (Å²) in [7, 11) is 0. The molecule has 0 aliphatic rings. The third kappa shape index (κ3) is 3.35. The Bertz CT molecular complexity index is 1650. The van der Waals surface area contributed by atoms with E-state index in [1.807, 2.05) is 60.1 Å². The number of halogens is 2. The van der Waals surface area contributed by atoms with Gasteiger partial charge in [-0.1, -0.05) is 22.9 Å². The summed E-state index contributed by atoms with van der Waals surface area (Å²) in [6, 6.07) is 16.8. The van der Waals surface area contributed by atoms with E-state index >= 15 is 4.39 Å². The molecule has 3 aromatic heterocycles. The van der Waals surface area contributed by atoms with E-state index in [0.29, 0.717) is 22.6 Å². The number of hydrogen-bond donors (Lipinski definition) is 1. The maximum absolute atomic E-state index is 15.1. The number of aryl methyl sites for hydroxylation is 1. The van der Waals surface area contributed by atoms with Crippen LogP contribution in [0.1, 0.15) is 11.1 Å². The van der Waals surface area contributed by atoms with Gasteiger partial charge in [0.15, 0.2) is 5.82 Å². The van der Waals surface area contributed by atoms with Crippen molar-refractivity contribution < 1.29 is 4.39 Å². The molecule has 9 heteroatoms. The monoisotopic (exact) mass is 457 g/mol. The Hall–Kier alpha value is -4.04. The fourth-order valence-corrected chi connectivity index (χ4v) is 4.31. The number of aromatic amines is 1. The molecule has 33 heavy (non-hydrogen) atoms. The van der Waals surface area contributed by atoms with Crippen LogP contribution in [0.5, 0.6) is 0 Å². The SMILES string of the molecule is Cc1cc(Cl)ccc1Cn1nccc1-c1cc(F)c2nnn(-c3ccc4cn[nH]c4c3)c2c1. The summed E-state index contributed by atoms with van der Waals surface area (Å²) in [4.78, 5) is 0. The van der Waals surface area contributed by atoms with Gasteiger partial charge in [0.2, 0.25) is 0 Å². The Morgan fingerprint density at radius 2 is 1.97 bits per heavy atom. The topological polar surface area (TPSA) is 77.2 Å². The largest absolute Gasteiger partial charge is 0.278 e. The molecule has 0 amide bonds. The van der Waals surface area contributed by atoms with Crippen molar-refractivity contribution >= 4 is 33.5 Å². The molecule has 0 aliphatic heterocycles. The van der Waals surface area contributed by atoms with Gasteiger partial charge in [-0.15, -0.1) is 5.10 Å². The van der Waals surface area contributed by atoms with Crippen LogP contribution in [-0.4, -0.2) is 35.0 Å². The summed E-state index contributed by atoms with van der Waals surface area (Å²) in [5.41, 5.74) is 6.05. The lowest BCUT2D eigenvalue weighted by Gasteiger charge is -2.11. The summed E-state index contributed by atoms with van der Waals surface area (Å²) in [6.07, 6.45) is 3.46. The molecule has 1 N–H and O–H groups in total. The molecule has 0 saturated carbocycles. The van der Waals surface area contributed by atoms with Gasteiger partial charge in [-0.2, -0.15) is 10.2 Å². The Morgan fingerprint density at radius 3 is 2.85 bits per heavy atom. The van der Waals surface area contributed by atoms with Gasteiger partial charge < -0.3 is 0 Å². The molecule has 6 aromatic rings. The Labute approximate surface area is 192 Å². The average Bonchev–Trinajstić information content (AvgIpc) is 3.54. The van der Waals surface area contributed by atoms with Crippen LogP contribution >= 0.6 is 11.6 Å². The van der Waals surface area contributed by atoms with Gasteiger partial charge in [-0.3, -0.25) is 9.78 Å². The zero-order chi connectivity index (χ0) is 22.5. The molecule has 0 radical (unpaired) electrons. The van der Waals surface area contributed by atoms with Crippen molar-refractivity contribution in [3.05, 3.63) is 89.0 Å². The van der Waals surface area contributed by atoms with Crippen LogP contribution in [0.3, 0.4) is 0 Å². The van der Waals surface area contributed by atoms with Crippen molar-refractivity contribution in [1.82, 2.24) is 35.0 Å². The lowest BCUT2D eigenvalue weighted by molar-refractivity contribution is 0.635. The van der Waals surface area contributed by atoms with Crippen molar-refractivity contribution in [1.29, 1.82) is 0 Å². The summed E-state index contributed by atoms with van der Waals surface area (Å²) < 4.78 is 18.5. The van der Waals surface area contributed by atoms with Gasteiger partial charge in [-0.05, 0) is 66.6 Å². The first-order chi connectivity index (χ1) is 16.1. The molecule has 0 fully saturated rings. The number of rotatable bonds is 4. The van der Waals surface area contributed by atoms with Crippen molar-refractivity contribution in [2.24, 2.45) is 0 Å². The minimum absolute atomic E-state index is 0.211. The summed E-state index contributed by atoms with van der Waals surface area (Å²) in [5, 5.41) is 21.4. The average molecular weight is 458 g/mol. The number of nitrogens with one attached hydrogen (secondary N) is 1. The van der Waals surface area contributed by atoms with E-state index in [-0.39, 0.29) is 5.52 Å². The Morgan fingerprint density at radius 1 is 1.06 bits per heavy atom. The molecule has 0 atom stereocenters. The van der Waals surface area contributed by atoms with Crippen LogP contribution in [0.4, 0.5) is 4.39 Å². The van der Waals surface area contributed by atoms with E-state index < -0.39 is 5.82 Å². The van der Waals surface area contributed by atoms with E-state index in [2.05, 4.69) is 25.6 Å². The Kier molecular flexibility index (Phi) is 4.48. The minimum atomic E-state index is -0.438. The third-order valence-electron chi connectivity index (χ3n) is 5.81. The number of benzene rings is 3. The van der Waals surface area contributed by atoms with E-state index in [0.717, 1.165) is 33.4 Å². The van der Waals surface area contributed by atoms with Crippen LogP contribution < -0.4 is 0 Å². The number of H-pyrrole nitrogens is 1. The second-order valence-electron chi connectivity index (χ2n) is 7.91. The summed E-state index contributed by atoms with van der Waals surface area (Å²) >= 11 is 6.10. The highest BCUT2D eigenvalue weighted by molar-refractivity contribution is 6.30. The van der Waals surface area contributed by atoms with Gasteiger partial charge in [-0.25, -0.2) is 9.07 Å². The maximum Gasteiger partial charge on any atom is 0.153 e. The highest BCUT2D eigenvalue weighted by Crippen LogP contribution is 2.29. The molecule has 7 nitrogen and oxygen atoms in total. The predicted molar refractivity (Wildman–Crippen MR) is 125 cm³/mol. The fraction of sp³-hybridized carbons (Fsp3) is 0.0833. The zero-order valence-electron chi connectivity index (χ0n) is 17.5. The first kappa shape index (κ1) is 19.6. The van der Waals surface area contributed by atoms with Crippen LogP contribution in [-0.2, 0) is 6.54 Å². The van der Waals surface area contributed by atoms with Gasteiger partial charge in [0.25, 0.3) is 0 Å². The molecule has 0 bridgehead atoms. The molecule has 6 rings (SSSR count). The summed E-state index contributed by atoms with van der Waals surface area (Å²) in [6.45, 7) is 2.55. The second kappa shape index (κ2) is 7.53. The van der Waals surface area contributed by atoms with Gasteiger partial charge in [0, 0.05) is 22.2 Å². The number of hydrogen-bond acceptors (Lipinski definition) is 4. The first-order valence-electron chi connectivity index (χ1n) is 10.3. The number of nitrogens with zero attached hydrogens (tertiary/aromatic N) is 6. The molecular weight excluding hydrogens is 441 g/mol. The predicted octanol–water partition coefficient (Wildman–Crippen LogP) is 5.31. The maximum atomic E-state index is 15.1. The molecule has 162 valence electrons. The van der Waals surface area contributed by atoms with Gasteiger partial charge >= 0.3 is 0 Å². The van der Waals surface area contributed by atoms with E-state index in [1.165, 1.54) is 6.07 Å². The number of fused-ring (bicyclic) bond motifs is 2. The van der Waals surface area contributed by atoms with Crippen LogP contribution in [0.25, 0.3) is 38.9 Å². The molecule has 3 heterocycles. The highest BCUT2D eigenvalue weighted by atomic mass is 35.5. The van der Waals surface area contributed by atoms with E-state index in [9.17, 15) is 0 Å². The zero-order valence-corrected chi connectivity index (χ0v) is 18.3. The molecule has 0 unspecified atom stereocenters. The third-order valence-corrected chi connectivity index (χ3v) is 6.05. The van der Waals surface area contributed by atoms with Crippen LogP contribution in [0.2, 0.25) is 5.02 Å². The minimum Gasteiger partial charge on any atom is -0.278 e. The van der Waals surface area contributed by atoms with Gasteiger partial charge in [0.05, 0.1) is 35.2 Å². The molecule has 0 saturated heterocycles. The quantitative estimate of drug-likeness (QED) is 0.389. The second-order valence-corrected chi connectivity index (χ2v) is 8.35. The van der Waals surface area contributed by atoms with Crippen LogP contribution in [0, 0.1) is 12.7 Å². The molecule has 0 spiro atoms. The van der Waals surface area contributed by atoms with Gasteiger partial charge in [0.1, 0.15) is 5.52 Å². The first-order valence-corrected chi connectivity index (χ1v) is 10.7.